The third-order valence-electron chi connectivity index (χ3n) is 4.13. The Hall–Kier alpha value is -4.93. The van der Waals surface area contributed by atoms with E-state index in [4.69, 9.17) is 4.74 Å². The number of carbonyl (C=O) groups is 2. The van der Waals surface area contributed by atoms with E-state index in [1.807, 2.05) is 0 Å². The summed E-state index contributed by atoms with van der Waals surface area (Å²) in [6, 6.07) is 16.5. The van der Waals surface area contributed by atoms with Crippen LogP contribution in [0.1, 0.15) is 26.3 Å². The average molecular weight is 434 g/mol. The fourth-order valence-corrected chi connectivity index (χ4v) is 2.55. The number of benzene rings is 3. The number of hydrazone groups is 1. The summed E-state index contributed by atoms with van der Waals surface area (Å²) in [5.41, 5.74) is 2.40. The molecule has 0 radical (unpaired) electrons. The maximum absolute atomic E-state index is 12.2. The Balaban J connectivity index is 1.59. The lowest BCUT2D eigenvalue weighted by Gasteiger charge is -2.05. The average Bonchev–Trinajstić information content (AvgIpc) is 2.80. The second kappa shape index (κ2) is 9.71. The number of para-hydroxylation sites is 1. The van der Waals surface area contributed by atoms with E-state index in [9.17, 15) is 29.8 Å². The number of nitrogens with zero attached hydrogens (tertiary/aromatic N) is 3. The fraction of sp³-hybridized carbons (Fsp3) is 0. The summed E-state index contributed by atoms with van der Waals surface area (Å²) in [7, 11) is 0. The van der Waals surface area contributed by atoms with E-state index in [-0.39, 0.29) is 28.3 Å². The quantitative estimate of drug-likeness (QED) is 0.196. The molecule has 0 aliphatic carbocycles. The summed E-state index contributed by atoms with van der Waals surface area (Å²) in [5, 5.41) is 25.5. The fourth-order valence-electron chi connectivity index (χ4n) is 2.55. The summed E-state index contributed by atoms with van der Waals surface area (Å²) in [4.78, 5) is 44.7. The third kappa shape index (κ3) is 5.36. The SMILES string of the molecule is O=C(N/N=C\c1ccc(OC(=O)c2ccccc2[N+](=O)[O-])cc1)c1ccc([N+](=O)[O-])cc1. The molecule has 0 aliphatic rings. The van der Waals surface area contributed by atoms with Crippen molar-refractivity contribution >= 4 is 29.5 Å². The molecule has 32 heavy (non-hydrogen) atoms. The highest BCUT2D eigenvalue weighted by atomic mass is 16.6. The minimum absolute atomic E-state index is 0.132. The molecule has 11 heteroatoms. The van der Waals surface area contributed by atoms with Gasteiger partial charge in [-0.3, -0.25) is 25.0 Å². The van der Waals surface area contributed by atoms with Crippen LogP contribution >= 0.6 is 0 Å². The Bertz CT molecular complexity index is 1210. The molecule has 11 nitrogen and oxygen atoms in total. The van der Waals surface area contributed by atoms with Gasteiger partial charge in [0.2, 0.25) is 0 Å². The van der Waals surface area contributed by atoms with E-state index in [0.717, 1.165) is 0 Å². The number of nitro groups is 2. The minimum atomic E-state index is -0.867. The molecule has 0 saturated carbocycles. The number of hydrogen-bond acceptors (Lipinski definition) is 8. The molecule has 1 amide bonds. The van der Waals surface area contributed by atoms with E-state index >= 15 is 0 Å². The number of nitrogens with one attached hydrogen (secondary N) is 1. The Morgan fingerprint density at radius 1 is 0.875 bits per heavy atom. The van der Waals surface area contributed by atoms with Crippen LogP contribution in [0.4, 0.5) is 11.4 Å². The molecule has 0 atom stereocenters. The number of ether oxygens (including phenoxy) is 1. The molecule has 0 fully saturated rings. The molecule has 3 aromatic carbocycles. The molecule has 0 heterocycles. The van der Waals surface area contributed by atoms with Crippen LogP contribution in [0.25, 0.3) is 0 Å². The topological polar surface area (TPSA) is 154 Å². The number of nitro benzene ring substituents is 2. The van der Waals surface area contributed by atoms with Gasteiger partial charge in [0.15, 0.2) is 0 Å². The van der Waals surface area contributed by atoms with Gasteiger partial charge in [0, 0.05) is 23.8 Å². The van der Waals surface area contributed by atoms with Gasteiger partial charge in [0.25, 0.3) is 17.3 Å². The zero-order chi connectivity index (χ0) is 23.1. The van der Waals surface area contributed by atoms with E-state index in [0.29, 0.717) is 5.56 Å². The van der Waals surface area contributed by atoms with Crippen molar-refractivity contribution < 1.29 is 24.2 Å². The van der Waals surface area contributed by atoms with E-state index in [2.05, 4.69) is 10.5 Å². The van der Waals surface area contributed by atoms with Gasteiger partial charge in [-0.1, -0.05) is 12.1 Å². The highest BCUT2D eigenvalue weighted by Gasteiger charge is 2.21. The monoisotopic (exact) mass is 434 g/mol. The maximum atomic E-state index is 12.2. The molecule has 3 rings (SSSR count). The Morgan fingerprint density at radius 2 is 1.53 bits per heavy atom. The molecule has 0 spiro atoms. The third-order valence-corrected chi connectivity index (χ3v) is 4.13. The minimum Gasteiger partial charge on any atom is -0.423 e. The summed E-state index contributed by atoms with van der Waals surface area (Å²) >= 11 is 0. The summed E-state index contributed by atoms with van der Waals surface area (Å²) in [6.07, 6.45) is 1.34. The van der Waals surface area contributed by atoms with Crippen molar-refractivity contribution in [1.82, 2.24) is 5.43 Å². The molecule has 0 unspecified atom stereocenters. The van der Waals surface area contributed by atoms with Gasteiger partial charge in [0.05, 0.1) is 16.1 Å². The highest BCUT2D eigenvalue weighted by Crippen LogP contribution is 2.20. The van der Waals surface area contributed by atoms with Crippen LogP contribution < -0.4 is 10.2 Å². The van der Waals surface area contributed by atoms with E-state index in [1.165, 1.54) is 66.9 Å². The van der Waals surface area contributed by atoms with Gasteiger partial charge in [-0.15, -0.1) is 0 Å². The standard InChI is InChI=1S/C21H14N4O7/c26-20(15-7-9-16(10-8-15)24(28)29)23-22-13-14-5-11-17(12-6-14)32-21(27)18-3-1-2-4-19(18)25(30)31/h1-13H,(H,23,26)/b22-13-. The summed E-state index contributed by atoms with van der Waals surface area (Å²) in [6.45, 7) is 0. The van der Waals surface area contributed by atoms with Crippen LogP contribution in [0.5, 0.6) is 5.75 Å². The number of rotatable bonds is 7. The van der Waals surface area contributed by atoms with Gasteiger partial charge in [-0.25, -0.2) is 10.2 Å². The lowest BCUT2D eigenvalue weighted by molar-refractivity contribution is -0.385. The highest BCUT2D eigenvalue weighted by molar-refractivity contribution is 5.96. The van der Waals surface area contributed by atoms with Crippen LogP contribution in [0.15, 0.2) is 77.9 Å². The van der Waals surface area contributed by atoms with Crippen molar-refractivity contribution in [2.75, 3.05) is 0 Å². The van der Waals surface area contributed by atoms with Crippen molar-refractivity contribution in [2.45, 2.75) is 0 Å². The van der Waals surface area contributed by atoms with Crippen molar-refractivity contribution in [1.29, 1.82) is 0 Å². The van der Waals surface area contributed by atoms with Crippen LogP contribution in [0, 0.1) is 20.2 Å². The summed E-state index contributed by atoms with van der Waals surface area (Å²) < 4.78 is 5.17. The molecule has 1 N–H and O–H groups in total. The number of non-ortho nitro benzene ring substituents is 1. The second-order valence-corrected chi connectivity index (χ2v) is 6.24. The molecular weight excluding hydrogens is 420 g/mol. The largest absolute Gasteiger partial charge is 0.423 e. The predicted octanol–water partition coefficient (Wildman–Crippen LogP) is 3.49. The molecule has 160 valence electrons. The van der Waals surface area contributed by atoms with E-state index in [1.54, 1.807) is 12.1 Å². The number of amides is 1. The molecule has 0 saturated heterocycles. The molecule has 0 aliphatic heterocycles. The number of carbonyl (C=O) groups excluding carboxylic acids is 2. The van der Waals surface area contributed by atoms with Crippen molar-refractivity contribution in [3.8, 4) is 5.75 Å². The van der Waals surface area contributed by atoms with Gasteiger partial charge >= 0.3 is 5.97 Å². The van der Waals surface area contributed by atoms with Gasteiger partial charge in [0.1, 0.15) is 11.3 Å². The number of hydrogen-bond donors (Lipinski definition) is 1. The molecule has 0 bridgehead atoms. The summed E-state index contributed by atoms with van der Waals surface area (Å²) in [5.74, 6) is -1.25. The van der Waals surface area contributed by atoms with E-state index < -0.39 is 21.7 Å². The van der Waals surface area contributed by atoms with Crippen molar-refractivity contribution in [3.05, 3.63) is 110 Å². The maximum Gasteiger partial charge on any atom is 0.350 e. The first-order valence-electron chi connectivity index (χ1n) is 8.98. The Labute approximate surface area is 180 Å². The lowest BCUT2D eigenvalue weighted by atomic mass is 10.2. The van der Waals surface area contributed by atoms with Crippen LogP contribution in [-0.4, -0.2) is 27.9 Å². The second-order valence-electron chi connectivity index (χ2n) is 6.24. The molecular formula is C21H14N4O7. The first-order valence-corrected chi connectivity index (χ1v) is 8.98. The lowest BCUT2D eigenvalue weighted by Crippen LogP contribution is -2.17. The number of esters is 1. The first kappa shape index (κ1) is 21.8. The van der Waals surface area contributed by atoms with Crippen LogP contribution in [0.3, 0.4) is 0 Å². The predicted molar refractivity (Wildman–Crippen MR) is 113 cm³/mol. The van der Waals surface area contributed by atoms with Crippen LogP contribution in [0.2, 0.25) is 0 Å². The normalized spacial score (nSPS) is 10.5. The first-order chi connectivity index (χ1) is 15.3. The van der Waals surface area contributed by atoms with Crippen molar-refractivity contribution in [2.24, 2.45) is 5.10 Å². The Kier molecular flexibility index (Phi) is 6.61. The zero-order valence-corrected chi connectivity index (χ0v) is 16.2. The van der Waals surface area contributed by atoms with Gasteiger partial charge in [-0.2, -0.15) is 5.10 Å². The van der Waals surface area contributed by atoms with Gasteiger partial charge < -0.3 is 4.74 Å². The molecule has 3 aromatic rings. The molecule has 0 aromatic heterocycles. The zero-order valence-electron chi connectivity index (χ0n) is 16.2. The smallest absolute Gasteiger partial charge is 0.350 e. The van der Waals surface area contributed by atoms with Crippen molar-refractivity contribution in [3.63, 3.8) is 0 Å². The Morgan fingerprint density at radius 3 is 2.16 bits per heavy atom. The van der Waals surface area contributed by atoms with Gasteiger partial charge in [-0.05, 0) is 48.0 Å². The van der Waals surface area contributed by atoms with Crippen LogP contribution in [-0.2, 0) is 0 Å².